The lowest BCUT2D eigenvalue weighted by atomic mass is 9.85. The van der Waals surface area contributed by atoms with E-state index in [1.165, 1.54) is 6.07 Å². The van der Waals surface area contributed by atoms with Gasteiger partial charge in [-0.3, -0.25) is 4.99 Å². The first-order valence-electron chi connectivity index (χ1n) is 5.31. The summed E-state index contributed by atoms with van der Waals surface area (Å²) in [6.07, 6.45) is 2.50. The maximum atomic E-state index is 13.1. The first-order chi connectivity index (χ1) is 7.51. The molecule has 1 unspecified atom stereocenters. The minimum atomic E-state index is -0.835. The van der Waals surface area contributed by atoms with Gasteiger partial charge in [-0.05, 0) is 37.5 Å². The molecule has 0 saturated carbocycles. The molecule has 2 rings (SSSR count). The molecule has 0 spiro atoms. The second kappa shape index (κ2) is 3.85. The maximum absolute atomic E-state index is 13.1. The van der Waals surface area contributed by atoms with E-state index in [-0.39, 0.29) is 0 Å². The van der Waals surface area contributed by atoms with Gasteiger partial charge < -0.3 is 5.73 Å². The summed E-state index contributed by atoms with van der Waals surface area (Å²) in [5, 5.41) is 0. The molecule has 0 amide bonds. The number of nitrogens with two attached hydrogens (primary N) is 1. The molecule has 0 aromatic heterocycles. The van der Waals surface area contributed by atoms with E-state index in [9.17, 15) is 8.78 Å². The molecule has 0 radical (unpaired) electrons. The molecular weight excluding hydrogens is 210 g/mol. The summed E-state index contributed by atoms with van der Waals surface area (Å²) in [5.41, 5.74) is 5.86. The maximum Gasteiger partial charge on any atom is 0.159 e. The van der Waals surface area contributed by atoms with E-state index >= 15 is 0 Å². The summed E-state index contributed by atoms with van der Waals surface area (Å²) in [6.45, 7) is 1.89. The predicted octanol–water partition coefficient (Wildman–Crippen LogP) is 2.72. The molecule has 4 heteroatoms. The molecule has 1 aliphatic rings. The number of aliphatic imine (C=N–C) groups is 1. The minimum absolute atomic E-state index is 0.517. The topological polar surface area (TPSA) is 38.4 Å². The van der Waals surface area contributed by atoms with Gasteiger partial charge in [0.1, 0.15) is 0 Å². The van der Waals surface area contributed by atoms with Crippen LogP contribution in [0, 0.1) is 11.6 Å². The van der Waals surface area contributed by atoms with Gasteiger partial charge >= 0.3 is 0 Å². The van der Waals surface area contributed by atoms with Crippen molar-refractivity contribution in [3.8, 4) is 0 Å². The third kappa shape index (κ3) is 1.92. The molecule has 1 heterocycles. The fraction of sp³-hybridized carbons (Fsp3) is 0.417. The molecule has 1 aromatic carbocycles. The summed E-state index contributed by atoms with van der Waals surface area (Å²) < 4.78 is 26.0. The summed E-state index contributed by atoms with van der Waals surface area (Å²) >= 11 is 0. The lowest BCUT2D eigenvalue weighted by molar-refractivity contribution is 0.417. The molecular formula is C12H14F2N2. The van der Waals surface area contributed by atoms with Crippen LogP contribution in [0.25, 0.3) is 0 Å². The van der Waals surface area contributed by atoms with Crippen molar-refractivity contribution in [1.82, 2.24) is 0 Å². The minimum Gasteiger partial charge on any atom is -0.387 e. The number of nitrogens with zero attached hydrogens (tertiary/aromatic N) is 1. The van der Waals surface area contributed by atoms with Crippen LogP contribution in [0.3, 0.4) is 0 Å². The number of hydrogen-bond acceptors (Lipinski definition) is 2. The van der Waals surface area contributed by atoms with E-state index in [1.54, 1.807) is 6.07 Å². The van der Waals surface area contributed by atoms with Crippen LogP contribution in [-0.2, 0) is 5.54 Å². The van der Waals surface area contributed by atoms with Crippen molar-refractivity contribution in [3.63, 3.8) is 0 Å². The quantitative estimate of drug-likeness (QED) is 0.782. The van der Waals surface area contributed by atoms with E-state index in [1.807, 2.05) is 6.92 Å². The third-order valence-corrected chi connectivity index (χ3v) is 3.03. The van der Waals surface area contributed by atoms with Gasteiger partial charge in [-0.2, -0.15) is 0 Å². The Balaban J connectivity index is 2.43. The van der Waals surface area contributed by atoms with Gasteiger partial charge in [-0.15, -0.1) is 0 Å². The van der Waals surface area contributed by atoms with Gasteiger partial charge in [0.15, 0.2) is 11.6 Å². The monoisotopic (exact) mass is 224 g/mol. The summed E-state index contributed by atoms with van der Waals surface area (Å²) in [4.78, 5) is 4.36. The molecule has 2 N–H and O–H groups in total. The van der Waals surface area contributed by atoms with Crippen LogP contribution in [0.5, 0.6) is 0 Å². The fourth-order valence-corrected chi connectivity index (χ4v) is 2.08. The SMILES string of the molecule is CC1(c2ccc(F)c(F)c2)CCCC(N)=N1. The van der Waals surface area contributed by atoms with Gasteiger partial charge in [0.2, 0.25) is 0 Å². The lowest BCUT2D eigenvalue weighted by Gasteiger charge is -2.30. The highest BCUT2D eigenvalue weighted by atomic mass is 19.2. The summed E-state index contributed by atoms with van der Waals surface area (Å²) in [5.74, 6) is -1.09. The van der Waals surface area contributed by atoms with E-state index < -0.39 is 17.2 Å². The Kier molecular flexibility index (Phi) is 2.66. The smallest absolute Gasteiger partial charge is 0.159 e. The van der Waals surface area contributed by atoms with Crippen LogP contribution in [-0.4, -0.2) is 5.84 Å². The lowest BCUT2D eigenvalue weighted by Crippen LogP contribution is -2.29. The second-order valence-corrected chi connectivity index (χ2v) is 4.36. The third-order valence-electron chi connectivity index (χ3n) is 3.03. The molecule has 1 atom stereocenters. The van der Waals surface area contributed by atoms with Crippen LogP contribution in [0.2, 0.25) is 0 Å². The Morgan fingerprint density at radius 3 is 2.69 bits per heavy atom. The summed E-state index contributed by atoms with van der Waals surface area (Å²) in [7, 11) is 0. The first-order valence-corrected chi connectivity index (χ1v) is 5.31. The van der Waals surface area contributed by atoms with E-state index in [2.05, 4.69) is 4.99 Å². The average molecular weight is 224 g/mol. The Labute approximate surface area is 93.2 Å². The number of benzene rings is 1. The normalized spacial score (nSPS) is 25.3. The van der Waals surface area contributed by atoms with Gasteiger partial charge in [0.05, 0.1) is 11.4 Å². The zero-order valence-electron chi connectivity index (χ0n) is 9.13. The van der Waals surface area contributed by atoms with E-state index in [4.69, 9.17) is 5.73 Å². The van der Waals surface area contributed by atoms with Crippen molar-refractivity contribution < 1.29 is 8.78 Å². The highest BCUT2D eigenvalue weighted by Gasteiger charge is 2.29. The molecule has 86 valence electrons. The van der Waals surface area contributed by atoms with Crippen molar-refractivity contribution in [2.24, 2.45) is 10.7 Å². The van der Waals surface area contributed by atoms with Gasteiger partial charge in [0, 0.05) is 6.42 Å². The highest BCUT2D eigenvalue weighted by Crippen LogP contribution is 2.34. The van der Waals surface area contributed by atoms with Gasteiger partial charge in [0.25, 0.3) is 0 Å². The predicted molar refractivity (Wildman–Crippen MR) is 59.2 cm³/mol. The van der Waals surface area contributed by atoms with Crippen LogP contribution < -0.4 is 5.73 Å². The average Bonchev–Trinajstić information content (AvgIpc) is 2.21. The zero-order valence-corrected chi connectivity index (χ0v) is 9.13. The van der Waals surface area contributed by atoms with Crippen molar-refractivity contribution in [3.05, 3.63) is 35.4 Å². The van der Waals surface area contributed by atoms with Gasteiger partial charge in [-0.1, -0.05) is 6.07 Å². The molecule has 1 aromatic rings. The van der Waals surface area contributed by atoms with Crippen molar-refractivity contribution in [2.45, 2.75) is 31.7 Å². The Morgan fingerprint density at radius 2 is 2.06 bits per heavy atom. The second-order valence-electron chi connectivity index (χ2n) is 4.36. The Bertz CT molecular complexity index is 443. The number of halogens is 2. The van der Waals surface area contributed by atoms with Crippen molar-refractivity contribution >= 4 is 5.84 Å². The van der Waals surface area contributed by atoms with Crippen LogP contribution in [0.15, 0.2) is 23.2 Å². The molecule has 2 nitrogen and oxygen atoms in total. The highest BCUT2D eigenvalue weighted by molar-refractivity contribution is 5.81. The number of hydrogen-bond donors (Lipinski definition) is 1. The fourth-order valence-electron chi connectivity index (χ4n) is 2.08. The van der Waals surface area contributed by atoms with Crippen LogP contribution in [0.1, 0.15) is 31.7 Å². The molecule has 0 bridgehead atoms. The van der Waals surface area contributed by atoms with Crippen LogP contribution in [0.4, 0.5) is 8.78 Å². The van der Waals surface area contributed by atoms with E-state index in [0.717, 1.165) is 25.3 Å². The first kappa shape index (κ1) is 11.0. The standard InChI is InChI=1S/C12H14F2N2/c1-12(6-2-3-11(15)16-12)8-4-5-9(13)10(14)7-8/h4-5,7H,2-3,6H2,1H3,(H2,15,16). The molecule has 0 saturated heterocycles. The van der Waals surface area contributed by atoms with E-state index in [0.29, 0.717) is 11.4 Å². The van der Waals surface area contributed by atoms with Crippen molar-refractivity contribution in [1.29, 1.82) is 0 Å². The largest absolute Gasteiger partial charge is 0.387 e. The molecule has 16 heavy (non-hydrogen) atoms. The van der Waals surface area contributed by atoms with Gasteiger partial charge in [-0.25, -0.2) is 8.78 Å². The number of rotatable bonds is 1. The number of amidine groups is 1. The summed E-state index contributed by atoms with van der Waals surface area (Å²) in [6, 6.07) is 3.91. The zero-order chi connectivity index (χ0) is 11.8. The molecule has 0 fully saturated rings. The Morgan fingerprint density at radius 1 is 1.31 bits per heavy atom. The van der Waals surface area contributed by atoms with Crippen molar-refractivity contribution in [2.75, 3.05) is 0 Å². The molecule has 0 aliphatic carbocycles. The Hall–Kier alpha value is -1.45. The van der Waals surface area contributed by atoms with Crippen LogP contribution >= 0.6 is 0 Å². The molecule has 1 aliphatic heterocycles.